The third-order valence-electron chi connectivity index (χ3n) is 3.33. The van der Waals surface area contributed by atoms with Crippen molar-refractivity contribution in [2.75, 3.05) is 23.3 Å². The molecule has 1 aliphatic rings. The van der Waals surface area contributed by atoms with Gasteiger partial charge in [0, 0.05) is 24.5 Å². The molecule has 1 aliphatic heterocycles. The number of carbonyl (C=O) groups is 1. The lowest BCUT2D eigenvalue weighted by molar-refractivity contribution is -0.141. The summed E-state index contributed by atoms with van der Waals surface area (Å²) in [4.78, 5) is 13.4. The number of nitrogens with zero attached hydrogens (tertiary/aromatic N) is 1. The Morgan fingerprint density at radius 1 is 1.22 bits per heavy atom. The predicted molar refractivity (Wildman–Crippen MR) is 73.2 cm³/mol. The molecule has 0 aliphatic carbocycles. The quantitative estimate of drug-likeness (QED) is 0.860. The molecule has 0 amide bonds. The van der Waals surface area contributed by atoms with Gasteiger partial charge in [-0.2, -0.15) is 0 Å². The summed E-state index contributed by atoms with van der Waals surface area (Å²) in [6.07, 6.45) is 2.51. The average Bonchev–Trinajstić information content (AvgIpc) is 2.83. The van der Waals surface area contributed by atoms with Crippen LogP contribution in [0, 0.1) is 0 Å². The van der Waals surface area contributed by atoms with E-state index in [0.29, 0.717) is 0 Å². The highest BCUT2D eigenvalue weighted by molar-refractivity contribution is 5.81. The van der Waals surface area contributed by atoms with Crippen molar-refractivity contribution in [3.8, 4) is 0 Å². The predicted octanol–water partition coefficient (Wildman–Crippen LogP) is 2.56. The fourth-order valence-electron chi connectivity index (χ4n) is 2.15. The van der Waals surface area contributed by atoms with E-state index >= 15 is 0 Å². The van der Waals surface area contributed by atoms with Crippen LogP contribution in [0.2, 0.25) is 0 Å². The van der Waals surface area contributed by atoms with Gasteiger partial charge in [-0.3, -0.25) is 0 Å². The minimum atomic E-state index is -0.949. The van der Waals surface area contributed by atoms with Crippen molar-refractivity contribution in [2.24, 2.45) is 0 Å². The van der Waals surface area contributed by atoms with Gasteiger partial charge in [-0.05, 0) is 51.0 Å². The Labute approximate surface area is 108 Å². The van der Waals surface area contributed by atoms with Crippen molar-refractivity contribution < 1.29 is 9.90 Å². The zero-order chi connectivity index (χ0) is 13.2. The van der Waals surface area contributed by atoms with E-state index in [-0.39, 0.29) is 0 Å². The first-order valence-electron chi connectivity index (χ1n) is 6.36. The molecule has 0 unspecified atom stereocenters. The second kappa shape index (κ2) is 4.88. The molecule has 1 heterocycles. The molecule has 0 atom stereocenters. The highest BCUT2D eigenvalue weighted by Crippen LogP contribution is 2.23. The number of hydrogen-bond acceptors (Lipinski definition) is 3. The number of hydrogen-bond donors (Lipinski definition) is 2. The number of anilines is 2. The van der Waals surface area contributed by atoms with Gasteiger partial charge >= 0.3 is 5.97 Å². The number of aliphatic carboxylic acids is 1. The SMILES string of the molecule is CC(C)(Nc1ccc(N2CCCC2)cc1)C(=O)O. The molecule has 1 fully saturated rings. The highest BCUT2D eigenvalue weighted by atomic mass is 16.4. The van der Waals surface area contributed by atoms with Gasteiger partial charge in [0.1, 0.15) is 5.54 Å². The zero-order valence-corrected chi connectivity index (χ0v) is 10.9. The van der Waals surface area contributed by atoms with Crippen LogP contribution < -0.4 is 10.2 Å². The van der Waals surface area contributed by atoms with Crippen LogP contribution in [0.25, 0.3) is 0 Å². The Balaban J connectivity index is 2.05. The molecule has 4 heteroatoms. The van der Waals surface area contributed by atoms with Gasteiger partial charge in [-0.1, -0.05) is 0 Å². The summed E-state index contributed by atoms with van der Waals surface area (Å²) in [5.41, 5.74) is 1.10. The summed E-state index contributed by atoms with van der Waals surface area (Å²) in [6, 6.07) is 7.98. The third kappa shape index (κ3) is 2.75. The number of nitrogens with one attached hydrogen (secondary N) is 1. The second-order valence-corrected chi connectivity index (χ2v) is 5.30. The second-order valence-electron chi connectivity index (χ2n) is 5.30. The van der Waals surface area contributed by atoms with Crippen molar-refractivity contribution in [3.05, 3.63) is 24.3 Å². The van der Waals surface area contributed by atoms with Crippen molar-refractivity contribution >= 4 is 17.3 Å². The lowest BCUT2D eigenvalue weighted by atomic mass is 10.1. The van der Waals surface area contributed by atoms with Crippen LogP contribution in [0.1, 0.15) is 26.7 Å². The molecule has 0 aromatic heterocycles. The molecule has 1 aromatic carbocycles. The topological polar surface area (TPSA) is 52.6 Å². The first-order chi connectivity index (χ1) is 8.49. The van der Waals surface area contributed by atoms with Gasteiger partial charge in [0.25, 0.3) is 0 Å². The van der Waals surface area contributed by atoms with Crippen LogP contribution in [0.3, 0.4) is 0 Å². The van der Waals surface area contributed by atoms with E-state index in [1.54, 1.807) is 13.8 Å². The molecule has 2 rings (SSSR count). The maximum atomic E-state index is 11.0. The number of carboxylic acid groups (broad SMARTS) is 1. The Morgan fingerprint density at radius 3 is 2.28 bits per heavy atom. The summed E-state index contributed by atoms with van der Waals surface area (Å²) < 4.78 is 0. The summed E-state index contributed by atoms with van der Waals surface area (Å²) in [5.74, 6) is -0.855. The molecule has 18 heavy (non-hydrogen) atoms. The van der Waals surface area contributed by atoms with Crippen molar-refractivity contribution in [2.45, 2.75) is 32.2 Å². The van der Waals surface area contributed by atoms with E-state index in [2.05, 4.69) is 10.2 Å². The summed E-state index contributed by atoms with van der Waals surface area (Å²) in [7, 11) is 0. The molecular weight excluding hydrogens is 228 g/mol. The normalized spacial score (nSPS) is 15.8. The highest BCUT2D eigenvalue weighted by Gasteiger charge is 2.26. The minimum Gasteiger partial charge on any atom is -0.480 e. The summed E-state index contributed by atoms with van der Waals surface area (Å²) in [5, 5.41) is 12.1. The largest absolute Gasteiger partial charge is 0.480 e. The fraction of sp³-hybridized carbons (Fsp3) is 0.500. The Morgan fingerprint density at radius 2 is 1.78 bits per heavy atom. The van der Waals surface area contributed by atoms with Crippen molar-refractivity contribution in [1.82, 2.24) is 0 Å². The molecular formula is C14H20N2O2. The lowest BCUT2D eigenvalue weighted by Gasteiger charge is -2.23. The van der Waals surface area contributed by atoms with Gasteiger partial charge in [-0.25, -0.2) is 4.79 Å². The molecule has 1 aromatic rings. The van der Waals surface area contributed by atoms with Crippen LogP contribution in [-0.2, 0) is 4.79 Å². The summed E-state index contributed by atoms with van der Waals surface area (Å²) in [6.45, 7) is 5.55. The van der Waals surface area contributed by atoms with E-state index in [9.17, 15) is 4.79 Å². The third-order valence-corrected chi connectivity index (χ3v) is 3.33. The molecule has 1 saturated heterocycles. The minimum absolute atomic E-state index is 0.838. The van der Waals surface area contributed by atoms with E-state index in [1.165, 1.54) is 18.5 Å². The molecule has 0 bridgehead atoms. The van der Waals surface area contributed by atoms with Crippen LogP contribution in [0.4, 0.5) is 11.4 Å². The van der Waals surface area contributed by atoms with Gasteiger partial charge in [0.15, 0.2) is 0 Å². The summed E-state index contributed by atoms with van der Waals surface area (Å²) >= 11 is 0. The van der Waals surface area contributed by atoms with Crippen LogP contribution >= 0.6 is 0 Å². The number of rotatable bonds is 4. The van der Waals surface area contributed by atoms with Gasteiger partial charge < -0.3 is 15.3 Å². The molecule has 4 nitrogen and oxygen atoms in total. The van der Waals surface area contributed by atoms with Gasteiger partial charge in [0.2, 0.25) is 0 Å². The molecule has 2 N–H and O–H groups in total. The van der Waals surface area contributed by atoms with E-state index in [0.717, 1.165) is 18.8 Å². The first-order valence-corrected chi connectivity index (χ1v) is 6.36. The Bertz CT molecular complexity index is 420. The standard InChI is InChI=1S/C14H20N2O2/c1-14(2,13(17)18)15-11-5-7-12(8-6-11)16-9-3-4-10-16/h5-8,15H,3-4,9-10H2,1-2H3,(H,17,18). The number of benzene rings is 1. The van der Waals surface area contributed by atoms with E-state index < -0.39 is 11.5 Å². The first kappa shape index (κ1) is 12.7. The van der Waals surface area contributed by atoms with Crippen molar-refractivity contribution in [3.63, 3.8) is 0 Å². The maximum absolute atomic E-state index is 11.0. The smallest absolute Gasteiger partial charge is 0.328 e. The molecule has 0 radical (unpaired) electrons. The molecule has 0 spiro atoms. The molecule has 98 valence electrons. The van der Waals surface area contributed by atoms with Gasteiger partial charge in [-0.15, -0.1) is 0 Å². The monoisotopic (exact) mass is 248 g/mol. The van der Waals surface area contributed by atoms with E-state index in [4.69, 9.17) is 5.11 Å². The van der Waals surface area contributed by atoms with Crippen LogP contribution in [0.15, 0.2) is 24.3 Å². The van der Waals surface area contributed by atoms with Crippen LogP contribution in [-0.4, -0.2) is 29.7 Å². The Kier molecular flexibility index (Phi) is 3.45. The van der Waals surface area contributed by atoms with E-state index in [1.807, 2.05) is 24.3 Å². The number of carboxylic acids is 1. The van der Waals surface area contributed by atoms with Crippen LogP contribution in [0.5, 0.6) is 0 Å². The Hall–Kier alpha value is -1.71. The van der Waals surface area contributed by atoms with Gasteiger partial charge in [0.05, 0.1) is 0 Å². The fourth-order valence-corrected chi connectivity index (χ4v) is 2.15. The average molecular weight is 248 g/mol. The van der Waals surface area contributed by atoms with Crippen molar-refractivity contribution in [1.29, 1.82) is 0 Å². The zero-order valence-electron chi connectivity index (χ0n) is 10.9. The maximum Gasteiger partial charge on any atom is 0.328 e. The lowest BCUT2D eigenvalue weighted by Crippen LogP contribution is -2.39. The molecule has 0 saturated carbocycles.